The average Bonchev–Trinajstić information content (AvgIpc) is 2.53. The number of amides is 1. The molecule has 5 heteroatoms. The van der Waals surface area contributed by atoms with Gasteiger partial charge in [-0.25, -0.2) is 8.78 Å². The molecule has 2 atom stereocenters. The van der Waals surface area contributed by atoms with Crippen molar-refractivity contribution in [1.82, 2.24) is 5.32 Å². The first kappa shape index (κ1) is 17.1. The number of hydrogen-bond acceptors (Lipinski definition) is 1. The molecule has 122 valence electrons. The van der Waals surface area contributed by atoms with E-state index < -0.39 is 11.6 Å². The lowest BCUT2D eigenvalue weighted by atomic mass is 10.1. The molecule has 0 aromatic heterocycles. The Morgan fingerprint density at radius 2 is 1.83 bits per heavy atom. The second kappa shape index (κ2) is 7.83. The van der Waals surface area contributed by atoms with Crippen LogP contribution in [0, 0.1) is 11.6 Å². The van der Waals surface area contributed by atoms with Gasteiger partial charge in [0.1, 0.15) is 17.7 Å². The molecule has 0 aliphatic rings. The van der Waals surface area contributed by atoms with Crippen molar-refractivity contribution < 1.29 is 18.9 Å². The fraction of sp³-hybridized carbons (Fsp3) is 0.278. The van der Waals surface area contributed by atoms with Crippen molar-refractivity contribution >= 4 is 5.91 Å². The van der Waals surface area contributed by atoms with Gasteiger partial charge in [-0.05, 0) is 31.5 Å². The van der Waals surface area contributed by atoms with Crippen LogP contribution in [0.25, 0.3) is 0 Å². The number of nitrogens with one attached hydrogen (secondary N) is 1. The summed E-state index contributed by atoms with van der Waals surface area (Å²) in [4.78, 5) is 12.0. The Hall–Kier alpha value is -2.27. The SMILES string of the molecule is C[C@H](NC(=O)C[NH2+][C@H](C)c1ccc(F)cc1F)c1ccccc1. The van der Waals surface area contributed by atoms with Gasteiger partial charge in [0.05, 0.1) is 6.04 Å². The van der Waals surface area contributed by atoms with E-state index in [1.165, 1.54) is 12.1 Å². The van der Waals surface area contributed by atoms with Crippen molar-refractivity contribution in [2.75, 3.05) is 6.54 Å². The molecular formula is C18H21F2N2O+. The van der Waals surface area contributed by atoms with E-state index in [9.17, 15) is 13.6 Å². The molecule has 0 aliphatic heterocycles. The highest BCUT2D eigenvalue weighted by atomic mass is 19.1. The predicted molar refractivity (Wildman–Crippen MR) is 84.6 cm³/mol. The van der Waals surface area contributed by atoms with Crippen LogP contribution >= 0.6 is 0 Å². The molecule has 0 fully saturated rings. The lowest BCUT2D eigenvalue weighted by Gasteiger charge is -2.15. The van der Waals surface area contributed by atoms with Crippen LogP contribution in [0.4, 0.5) is 8.78 Å². The van der Waals surface area contributed by atoms with Gasteiger partial charge in [-0.1, -0.05) is 30.3 Å². The lowest BCUT2D eigenvalue weighted by Crippen LogP contribution is -2.87. The van der Waals surface area contributed by atoms with E-state index in [1.54, 1.807) is 12.2 Å². The minimum Gasteiger partial charge on any atom is -0.345 e. The molecule has 3 nitrogen and oxygen atoms in total. The van der Waals surface area contributed by atoms with Crippen LogP contribution in [0.3, 0.4) is 0 Å². The summed E-state index contributed by atoms with van der Waals surface area (Å²) >= 11 is 0. The second-order valence-corrected chi connectivity index (χ2v) is 5.59. The standard InChI is InChI=1S/C18H20F2N2O/c1-12(14-6-4-3-5-7-14)22-18(23)11-21-13(2)16-9-8-15(19)10-17(16)20/h3-10,12-13,21H,11H2,1-2H3,(H,22,23)/p+1/t12-,13+/m0/s1. The first-order valence-electron chi connectivity index (χ1n) is 7.60. The highest BCUT2D eigenvalue weighted by molar-refractivity contribution is 5.77. The molecule has 2 aromatic carbocycles. The van der Waals surface area contributed by atoms with Crippen molar-refractivity contribution in [2.24, 2.45) is 0 Å². The molecular weight excluding hydrogens is 298 g/mol. The van der Waals surface area contributed by atoms with Crippen LogP contribution < -0.4 is 10.6 Å². The van der Waals surface area contributed by atoms with E-state index in [1.807, 2.05) is 37.3 Å². The summed E-state index contributed by atoms with van der Waals surface area (Å²) in [6.07, 6.45) is 0. The zero-order chi connectivity index (χ0) is 16.8. The van der Waals surface area contributed by atoms with Crippen molar-refractivity contribution in [3.63, 3.8) is 0 Å². The van der Waals surface area contributed by atoms with Crippen molar-refractivity contribution in [3.05, 3.63) is 71.3 Å². The van der Waals surface area contributed by atoms with E-state index in [2.05, 4.69) is 5.32 Å². The summed E-state index contributed by atoms with van der Waals surface area (Å²) in [5.41, 5.74) is 1.41. The molecule has 0 saturated carbocycles. The number of benzene rings is 2. The number of halogens is 2. The minimum absolute atomic E-state index is 0.0880. The highest BCUT2D eigenvalue weighted by Crippen LogP contribution is 2.14. The number of rotatable bonds is 6. The number of nitrogens with two attached hydrogens (primary N) is 1. The highest BCUT2D eigenvalue weighted by Gasteiger charge is 2.17. The molecule has 0 saturated heterocycles. The zero-order valence-corrected chi connectivity index (χ0v) is 13.2. The van der Waals surface area contributed by atoms with E-state index in [-0.39, 0.29) is 24.5 Å². The quantitative estimate of drug-likeness (QED) is 0.844. The largest absolute Gasteiger partial charge is 0.345 e. The summed E-state index contributed by atoms with van der Waals surface area (Å²) in [5.74, 6) is -1.32. The maximum atomic E-state index is 13.7. The Balaban J connectivity index is 1.86. The third-order valence-electron chi connectivity index (χ3n) is 3.79. The van der Waals surface area contributed by atoms with Gasteiger partial charge in [-0.15, -0.1) is 0 Å². The number of hydrogen-bond donors (Lipinski definition) is 2. The van der Waals surface area contributed by atoms with Crippen molar-refractivity contribution in [3.8, 4) is 0 Å². The molecule has 0 heterocycles. The van der Waals surface area contributed by atoms with Gasteiger partial charge in [-0.3, -0.25) is 4.79 Å². The third kappa shape index (κ3) is 4.86. The van der Waals surface area contributed by atoms with Crippen molar-refractivity contribution in [2.45, 2.75) is 25.9 Å². The van der Waals surface area contributed by atoms with Crippen molar-refractivity contribution in [1.29, 1.82) is 0 Å². The maximum absolute atomic E-state index is 13.7. The first-order valence-corrected chi connectivity index (χ1v) is 7.60. The smallest absolute Gasteiger partial charge is 0.275 e. The summed E-state index contributed by atoms with van der Waals surface area (Å²) in [6, 6.07) is 12.8. The van der Waals surface area contributed by atoms with Gasteiger partial charge in [0.2, 0.25) is 0 Å². The van der Waals surface area contributed by atoms with Gasteiger partial charge < -0.3 is 10.6 Å². The topological polar surface area (TPSA) is 45.7 Å². The summed E-state index contributed by atoms with van der Waals surface area (Å²) in [5, 5.41) is 4.63. The van der Waals surface area contributed by atoms with Crippen LogP contribution in [-0.4, -0.2) is 12.5 Å². The third-order valence-corrected chi connectivity index (χ3v) is 3.79. The fourth-order valence-corrected chi connectivity index (χ4v) is 2.41. The Kier molecular flexibility index (Phi) is 5.82. The molecule has 1 amide bonds. The van der Waals surface area contributed by atoms with Crippen LogP contribution in [0.1, 0.15) is 37.1 Å². The van der Waals surface area contributed by atoms with E-state index in [0.29, 0.717) is 5.56 Å². The number of carbonyl (C=O) groups excluding carboxylic acids is 1. The molecule has 0 unspecified atom stereocenters. The molecule has 2 aromatic rings. The monoisotopic (exact) mass is 319 g/mol. The van der Waals surface area contributed by atoms with Crippen LogP contribution in [0.15, 0.2) is 48.5 Å². The lowest BCUT2D eigenvalue weighted by molar-refractivity contribution is -0.682. The molecule has 3 N–H and O–H groups in total. The van der Waals surface area contributed by atoms with Gasteiger partial charge in [0.15, 0.2) is 6.54 Å². The Labute approximate surface area is 134 Å². The van der Waals surface area contributed by atoms with Gasteiger partial charge in [-0.2, -0.15) is 0 Å². The number of carbonyl (C=O) groups is 1. The first-order chi connectivity index (χ1) is 11.0. The number of quaternary nitrogens is 1. The molecule has 0 aliphatic carbocycles. The molecule has 0 spiro atoms. The molecule has 0 radical (unpaired) electrons. The fourth-order valence-electron chi connectivity index (χ4n) is 2.41. The molecule has 2 rings (SSSR count). The second-order valence-electron chi connectivity index (χ2n) is 5.59. The zero-order valence-electron chi connectivity index (χ0n) is 13.2. The normalized spacial score (nSPS) is 13.4. The summed E-state index contributed by atoms with van der Waals surface area (Å²) < 4.78 is 26.6. The summed E-state index contributed by atoms with van der Waals surface area (Å²) in [7, 11) is 0. The van der Waals surface area contributed by atoms with Crippen LogP contribution in [0.5, 0.6) is 0 Å². The van der Waals surface area contributed by atoms with E-state index in [0.717, 1.165) is 11.6 Å². The molecule has 23 heavy (non-hydrogen) atoms. The molecule has 0 bridgehead atoms. The predicted octanol–water partition coefficient (Wildman–Crippen LogP) is 2.47. The van der Waals surface area contributed by atoms with E-state index >= 15 is 0 Å². The minimum atomic E-state index is -0.604. The maximum Gasteiger partial charge on any atom is 0.275 e. The van der Waals surface area contributed by atoms with Gasteiger partial charge >= 0.3 is 0 Å². The Bertz CT molecular complexity index is 661. The average molecular weight is 319 g/mol. The summed E-state index contributed by atoms with van der Waals surface area (Å²) in [6.45, 7) is 3.87. The van der Waals surface area contributed by atoms with Gasteiger partial charge in [0, 0.05) is 11.6 Å². The Morgan fingerprint density at radius 3 is 2.48 bits per heavy atom. The van der Waals surface area contributed by atoms with Crippen LogP contribution in [0.2, 0.25) is 0 Å². The van der Waals surface area contributed by atoms with Gasteiger partial charge in [0.25, 0.3) is 5.91 Å². The van der Waals surface area contributed by atoms with E-state index in [4.69, 9.17) is 0 Å². The van der Waals surface area contributed by atoms with Crippen LogP contribution in [-0.2, 0) is 4.79 Å². The Morgan fingerprint density at radius 1 is 1.13 bits per heavy atom.